The average Bonchev–Trinajstić information content (AvgIpc) is 2.29. The highest BCUT2D eigenvalue weighted by Crippen LogP contribution is 2.31. The summed E-state index contributed by atoms with van der Waals surface area (Å²) >= 11 is 0. The van der Waals surface area contributed by atoms with Crippen LogP contribution in [0.1, 0.15) is 52.2 Å². The van der Waals surface area contributed by atoms with Crippen LogP contribution in [0, 0.1) is 0 Å². The molecule has 2 nitrogen and oxygen atoms in total. The molecule has 0 fully saturated rings. The fraction of sp³-hybridized carbons (Fsp3) is 0.533. The Labute approximate surface area is 104 Å². The van der Waals surface area contributed by atoms with Crippen molar-refractivity contribution in [2.75, 3.05) is 0 Å². The fourth-order valence-corrected chi connectivity index (χ4v) is 1.70. The third-order valence-corrected chi connectivity index (χ3v) is 3.56. The largest absolute Gasteiger partial charge is 0.235 e. The van der Waals surface area contributed by atoms with Crippen molar-refractivity contribution in [2.24, 2.45) is 4.99 Å². The lowest BCUT2D eigenvalue weighted by Gasteiger charge is -2.26. The van der Waals surface area contributed by atoms with Gasteiger partial charge in [-0.2, -0.15) is 4.99 Å². The van der Waals surface area contributed by atoms with Crippen molar-refractivity contribution in [3.8, 4) is 0 Å². The van der Waals surface area contributed by atoms with Crippen LogP contribution in [0.4, 0.5) is 0 Å². The minimum Gasteiger partial charge on any atom is -0.211 e. The van der Waals surface area contributed by atoms with Crippen LogP contribution in [-0.2, 0) is 15.7 Å². The van der Waals surface area contributed by atoms with Crippen molar-refractivity contribution < 1.29 is 4.79 Å². The molecule has 0 aliphatic heterocycles. The Bertz CT molecular complexity index is 440. The number of nitrogens with zero attached hydrogens (tertiary/aromatic N) is 1. The number of hydrogen-bond acceptors (Lipinski definition) is 2. The van der Waals surface area contributed by atoms with E-state index in [0.29, 0.717) is 0 Å². The lowest BCUT2D eigenvalue weighted by atomic mass is 9.80. The van der Waals surface area contributed by atoms with Crippen molar-refractivity contribution in [3.63, 3.8) is 0 Å². The van der Waals surface area contributed by atoms with Crippen molar-refractivity contribution in [3.05, 3.63) is 35.4 Å². The van der Waals surface area contributed by atoms with Gasteiger partial charge in [-0.05, 0) is 36.8 Å². The third kappa shape index (κ3) is 3.04. The molecule has 1 aromatic carbocycles. The Kier molecular flexibility index (Phi) is 3.90. The molecule has 0 aliphatic carbocycles. The van der Waals surface area contributed by atoms with Gasteiger partial charge in [0.25, 0.3) is 0 Å². The second kappa shape index (κ2) is 4.85. The van der Waals surface area contributed by atoms with Gasteiger partial charge in [-0.15, -0.1) is 0 Å². The number of aliphatic imine (C=N–C) groups is 1. The predicted molar refractivity (Wildman–Crippen MR) is 70.9 cm³/mol. The number of carbonyl (C=O) groups excluding carboxylic acids is 1. The molecule has 2 heteroatoms. The second-order valence-electron chi connectivity index (χ2n) is 5.58. The molecular weight excluding hydrogens is 210 g/mol. The molecule has 0 aromatic heterocycles. The van der Waals surface area contributed by atoms with Gasteiger partial charge in [0.2, 0.25) is 6.08 Å². The molecule has 0 N–H and O–H groups in total. The summed E-state index contributed by atoms with van der Waals surface area (Å²) in [6.07, 6.45) is 2.73. The number of rotatable bonds is 4. The van der Waals surface area contributed by atoms with Gasteiger partial charge in [-0.1, -0.05) is 45.0 Å². The summed E-state index contributed by atoms with van der Waals surface area (Å²) in [5.74, 6) is 0. The van der Waals surface area contributed by atoms with Gasteiger partial charge in [-0.3, -0.25) is 0 Å². The Balaban J connectivity index is 3.23. The molecule has 0 bridgehead atoms. The zero-order valence-electron chi connectivity index (χ0n) is 11.4. The molecule has 0 spiro atoms. The first-order valence-corrected chi connectivity index (χ1v) is 6.03. The first kappa shape index (κ1) is 13.7. The molecule has 0 radical (unpaired) electrons. The van der Waals surface area contributed by atoms with Crippen LogP contribution in [0.25, 0.3) is 0 Å². The normalized spacial score (nSPS) is 12.1. The van der Waals surface area contributed by atoms with Gasteiger partial charge in [0, 0.05) is 0 Å². The van der Waals surface area contributed by atoms with Gasteiger partial charge >= 0.3 is 0 Å². The summed E-state index contributed by atoms with van der Waals surface area (Å²) in [6, 6.07) is 8.32. The Morgan fingerprint density at radius 2 is 1.76 bits per heavy atom. The standard InChI is InChI=1S/C15H21NO/c1-6-14(2,3)12-8-7-9-13(10-12)15(4,5)16-11-17/h7-10H,6H2,1-5H3. The molecule has 1 aromatic rings. The summed E-state index contributed by atoms with van der Waals surface area (Å²) in [5.41, 5.74) is 1.99. The summed E-state index contributed by atoms with van der Waals surface area (Å²) in [7, 11) is 0. The van der Waals surface area contributed by atoms with Gasteiger partial charge in [0.1, 0.15) is 0 Å². The molecule has 0 heterocycles. The maximum atomic E-state index is 10.4. The van der Waals surface area contributed by atoms with E-state index in [0.717, 1.165) is 12.0 Å². The van der Waals surface area contributed by atoms with E-state index < -0.39 is 5.54 Å². The summed E-state index contributed by atoms with van der Waals surface area (Å²) in [4.78, 5) is 14.3. The van der Waals surface area contributed by atoms with Crippen LogP contribution in [-0.4, -0.2) is 6.08 Å². The van der Waals surface area contributed by atoms with Crippen LogP contribution in [0.5, 0.6) is 0 Å². The summed E-state index contributed by atoms with van der Waals surface area (Å²) in [6.45, 7) is 10.5. The topological polar surface area (TPSA) is 29.4 Å². The number of hydrogen-bond donors (Lipinski definition) is 0. The molecule has 0 atom stereocenters. The quantitative estimate of drug-likeness (QED) is 0.570. The van der Waals surface area contributed by atoms with Crippen molar-refractivity contribution in [1.29, 1.82) is 0 Å². The lowest BCUT2D eigenvalue weighted by Crippen LogP contribution is -2.19. The van der Waals surface area contributed by atoms with Crippen LogP contribution in [0.3, 0.4) is 0 Å². The molecule has 0 saturated carbocycles. The lowest BCUT2D eigenvalue weighted by molar-refractivity contribution is 0.498. The maximum Gasteiger partial charge on any atom is 0.235 e. The number of benzene rings is 1. The molecule has 1 rings (SSSR count). The van der Waals surface area contributed by atoms with Crippen molar-refractivity contribution in [2.45, 2.75) is 52.0 Å². The highest BCUT2D eigenvalue weighted by molar-refractivity contribution is 5.39. The predicted octanol–water partition coefficient (Wildman–Crippen LogP) is 3.95. The zero-order valence-corrected chi connectivity index (χ0v) is 11.4. The van der Waals surface area contributed by atoms with E-state index in [1.807, 2.05) is 26.0 Å². The van der Waals surface area contributed by atoms with Crippen LogP contribution in [0.15, 0.2) is 29.3 Å². The van der Waals surface area contributed by atoms with Crippen molar-refractivity contribution >= 4 is 6.08 Å². The minimum atomic E-state index is -0.498. The second-order valence-corrected chi connectivity index (χ2v) is 5.58. The van der Waals surface area contributed by atoms with E-state index in [1.54, 1.807) is 6.08 Å². The highest BCUT2D eigenvalue weighted by atomic mass is 16.1. The number of isocyanates is 1. The highest BCUT2D eigenvalue weighted by Gasteiger charge is 2.23. The van der Waals surface area contributed by atoms with Gasteiger partial charge < -0.3 is 0 Å². The molecule has 17 heavy (non-hydrogen) atoms. The van der Waals surface area contributed by atoms with Crippen LogP contribution < -0.4 is 0 Å². The molecule has 0 aliphatic rings. The molecule has 92 valence electrons. The van der Waals surface area contributed by atoms with E-state index in [-0.39, 0.29) is 5.41 Å². The summed E-state index contributed by atoms with van der Waals surface area (Å²) < 4.78 is 0. The smallest absolute Gasteiger partial charge is 0.211 e. The van der Waals surface area contributed by atoms with Gasteiger partial charge in [0.05, 0.1) is 5.54 Å². The molecule has 0 amide bonds. The van der Waals surface area contributed by atoms with E-state index in [2.05, 4.69) is 37.9 Å². The molecule has 0 saturated heterocycles. The maximum absolute atomic E-state index is 10.4. The van der Waals surface area contributed by atoms with E-state index in [1.165, 1.54) is 5.56 Å². The monoisotopic (exact) mass is 231 g/mol. The van der Waals surface area contributed by atoms with Crippen LogP contribution in [0.2, 0.25) is 0 Å². The molecule has 0 unspecified atom stereocenters. The van der Waals surface area contributed by atoms with Crippen LogP contribution >= 0.6 is 0 Å². The Morgan fingerprint density at radius 1 is 1.18 bits per heavy atom. The van der Waals surface area contributed by atoms with E-state index in [9.17, 15) is 4.79 Å². The molecular formula is C15H21NO. The average molecular weight is 231 g/mol. The summed E-state index contributed by atoms with van der Waals surface area (Å²) in [5, 5.41) is 0. The SMILES string of the molecule is CCC(C)(C)c1cccc(C(C)(C)N=C=O)c1. The van der Waals surface area contributed by atoms with E-state index in [4.69, 9.17) is 0 Å². The minimum absolute atomic E-state index is 0.150. The van der Waals surface area contributed by atoms with Gasteiger partial charge in [-0.25, -0.2) is 4.79 Å². The van der Waals surface area contributed by atoms with E-state index >= 15 is 0 Å². The van der Waals surface area contributed by atoms with Crippen molar-refractivity contribution in [1.82, 2.24) is 0 Å². The first-order valence-electron chi connectivity index (χ1n) is 6.03. The fourth-order valence-electron chi connectivity index (χ4n) is 1.70. The van der Waals surface area contributed by atoms with Gasteiger partial charge in [0.15, 0.2) is 0 Å². The Hall–Kier alpha value is -1.40. The zero-order chi connectivity index (χ0) is 13.1. The Morgan fingerprint density at radius 3 is 2.29 bits per heavy atom. The third-order valence-electron chi connectivity index (χ3n) is 3.56. The first-order chi connectivity index (χ1) is 7.83.